The fourth-order valence-corrected chi connectivity index (χ4v) is 1.85. The molecule has 0 atom stereocenters. The van der Waals surface area contributed by atoms with Gasteiger partial charge in [-0.15, -0.1) is 0 Å². The van der Waals surface area contributed by atoms with Crippen LogP contribution < -0.4 is 0 Å². The van der Waals surface area contributed by atoms with Gasteiger partial charge in [0, 0.05) is 0 Å². The summed E-state index contributed by atoms with van der Waals surface area (Å²) < 4.78 is 0. The van der Waals surface area contributed by atoms with Gasteiger partial charge in [-0.1, -0.05) is 85.5 Å². The third-order valence-corrected chi connectivity index (χ3v) is 2.93. The standard InChI is InChI=1S/C19H18/c1-15(2)9-10-16(3)17-11-13-19(14-12-17)18-7-5-4-6-8-18/h4-14H,1,3H2,2H3/b10-9-. The summed E-state index contributed by atoms with van der Waals surface area (Å²) in [5.74, 6) is 0. The van der Waals surface area contributed by atoms with Crippen molar-refractivity contribution in [3.8, 4) is 11.1 Å². The van der Waals surface area contributed by atoms with Gasteiger partial charge in [0.05, 0.1) is 0 Å². The van der Waals surface area contributed by atoms with Gasteiger partial charge in [0.25, 0.3) is 0 Å². The smallest absolute Gasteiger partial charge is 0.0184 e. The fourth-order valence-electron chi connectivity index (χ4n) is 1.85. The highest BCUT2D eigenvalue weighted by Crippen LogP contribution is 2.22. The van der Waals surface area contributed by atoms with Crippen LogP contribution in [0.1, 0.15) is 12.5 Å². The van der Waals surface area contributed by atoms with E-state index < -0.39 is 0 Å². The zero-order chi connectivity index (χ0) is 13.7. The number of rotatable bonds is 4. The number of hydrogen-bond acceptors (Lipinski definition) is 0. The van der Waals surface area contributed by atoms with Crippen molar-refractivity contribution in [1.29, 1.82) is 0 Å². The van der Waals surface area contributed by atoms with Crippen molar-refractivity contribution in [3.63, 3.8) is 0 Å². The SMILES string of the molecule is C=C(C)/C=C\C(=C)c1ccc(-c2ccccc2)cc1. The van der Waals surface area contributed by atoms with Crippen LogP contribution >= 0.6 is 0 Å². The maximum atomic E-state index is 4.07. The van der Waals surface area contributed by atoms with Gasteiger partial charge in [-0.05, 0) is 29.2 Å². The minimum atomic E-state index is 1.00. The lowest BCUT2D eigenvalue weighted by atomic mass is 10.0. The molecule has 0 nitrogen and oxygen atoms in total. The third kappa shape index (κ3) is 3.56. The van der Waals surface area contributed by atoms with Gasteiger partial charge < -0.3 is 0 Å². The monoisotopic (exact) mass is 246 g/mol. The van der Waals surface area contributed by atoms with Gasteiger partial charge >= 0.3 is 0 Å². The molecule has 0 aliphatic rings. The van der Waals surface area contributed by atoms with E-state index in [4.69, 9.17) is 0 Å². The van der Waals surface area contributed by atoms with Crippen molar-refractivity contribution in [2.24, 2.45) is 0 Å². The second-order valence-electron chi connectivity index (χ2n) is 4.65. The van der Waals surface area contributed by atoms with Crippen LogP contribution in [0.4, 0.5) is 0 Å². The molecule has 2 aromatic rings. The van der Waals surface area contributed by atoms with E-state index in [0.29, 0.717) is 0 Å². The molecule has 0 unspecified atom stereocenters. The molecule has 0 heteroatoms. The molecule has 0 N–H and O–H groups in total. The molecule has 0 radical (unpaired) electrons. The van der Waals surface area contributed by atoms with E-state index in [1.165, 1.54) is 11.1 Å². The molecular weight excluding hydrogens is 228 g/mol. The summed E-state index contributed by atoms with van der Waals surface area (Å²) in [5.41, 5.74) is 5.63. The number of hydrogen-bond donors (Lipinski definition) is 0. The van der Waals surface area contributed by atoms with E-state index in [1.54, 1.807) is 0 Å². The van der Waals surface area contributed by atoms with Crippen LogP contribution in [0, 0.1) is 0 Å². The average Bonchev–Trinajstić information content (AvgIpc) is 2.46. The zero-order valence-electron chi connectivity index (χ0n) is 11.3. The maximum absolute atomic E-state index is 4.07. The van der Waals surface area contributed by atoms with Crippen LogP contribution in [0.3, 0.4) is 0 Å². The Morgan fingerprint density at radius 3 is 1.95 bits per heavy atom. The number of benzene rings is 2. The summed E-state index contributed by atoms with van der Waals surface area (Å²) in [7, 11) is 0. The Hall–Kier alpha value is -2.34. The lowest BCUT2D eigenvalue weighted by molar-refractivity contribution is 1.55. The van der Waals surface area contributed by atoms with Gasteiger partial charge in [-0.2, -0.15) is 0 Å². The highest BCUT2D eigenvalue weighted by Gasteiger charge is 1.98. The molecule has 0 saturated carbocycles. The van der Waals surface area contributed by atoms with E-state index in [2.05, 4.69) is 61.7 Å². The molecule has 94 valence electrons. The Labute approximate surface area is 115 Å². The van der Waals surface area contributed by atoms with E-state index in [-0.39, 0.29) is 0 Å². The predicted octanol–water partition coefficient (Wildman–Crippen LogP) is 5.50. The van der Waals surface area contributed by atoms with Crippen molar-refractivity contribution in [2.75, 3.05) is 0 Å². The fraction of sp³-hybridized carbons (Fsp3) is 0.0526. The summed E-state index contributed by atoms with van der Waals surface area (Å²) in [5, 5.41) is 0. The van der Waals surface area contributed by atoms with Gasteiger partial charge in [0.15, 0.2) is 0 Å². The van der Waals surface area contributed by atoms with Crippen LogP contribution in [0.25, 0.3) is 16.7 Å². The van der Waals surface area contributed by atoms with E-state index in [0.717, 1.165) is 16.7 Å². The van der Waals surface area contributed by atoms with Crippen molar-refractivity contribution in [1.82, 2.24) is 0 Å². The second-order valence-corrected chi connectivity index (χ2v) is 4.65. The summed E-state index contributed by atoms with van der Waals surface area (Å²) in [6.07, 6.45) is 3.98. The average molecular weight is 246 g/mol. The summed E-state index contributed by atoms with van der Waals surface area (Å²) in [6.45, 7) is 9.89. The molecule has 0 saturated heterocycles. The van der Waals surface area contributed by atoms with Crippen LogP contribution in [0.5, 0.6) is 0 Å². The Morgan fingerprint density at radius 1 is 0.789 bits per heavy atom. The first-order valence-corrected chi connectivity index (χ1v) is 6.35. The van der Waals surface area contributed by atoms with Gasteiger partial charge in [-0.3, -0.25) is 0 Å². The van der Waals surface area contributed by atoms with E-state index >= 15 is 0 Å². The minimum absolute atomic E-state index is 1.00. The quantitative estimate of drug-likeness (QED) is 0.625. The molecule has 2 rings (SSSR count). The Morgan fingerprint density at radius 2 is 1.37 bits per heavy atom. The molecule has 0 heterocycles. The zero-order valence-corrected chi connectivity index (χ0v) is 11.3. The second kappa shape index (κ2) is 6.01. The van der Waals surface area contributed by atoms with Crippen LogP contribution in [0.15, 0.2) is 85.5 Å². The minimum Gasteiger partial charge on any atom is -0.0961 e. The topological polar surface area (TPSA) is 0 Å². The van der Waals surface area contributed by atoms with Crippen molar-refractivity contribution in [3.05, 3.63) is 91.0 Å². The molecule has 0 aliphatic carbocycles. The molecule has 19 heavy (non-hydrogen) atoms. The highest BCUT2D eigenvalue weighted by atomic mass is 14.0. The third-order valence-electron chi connectivity index (χ3n) is 2.93. The molecule has 0 aromatic heterocycles. The Balaban J connectivity index is 2.19. The lowest BCUT2D eigenvalue weighted by Crippen LogP contribution is -1.81. The number of allylic oxidation sites excluding steroid dienone is 4. The first-order chi connectivity index (χ1) is 9.16. The van der Waals surface area contributed by atoms with Crippen molar-refractivity contribution >= 4 is 5.57 Å². The summed E-state index contributed by atoms with van der Waals surface area (Å²) in [4.78, 5) is 0. The largest absolute Gasteiger partial charge is 0.0961 e. The van der Waals surface area contributed by atoms with E-state index in [1.807, 2.05) is 25.1 Å². The van der Waals surface area contributed by atoms with Crippen molar-refractivity contribution in [2.45, 2.75) is 6.92 Å². The molecule has 0 fully saturated rings. The molecule has 0 spiro atoms. The van der Waals surface area contributed by atoms with Crippen LogP contribution in [-0.2, 0) is 0 Å². The highest BCUT2D eigenvalue weighted by molar-refractivity contribution is 5.74. The molecule has 0 aliphatic heterocycles. The molecule has 0 amide bonds. The molecule has 0 bridgehead atoms. The molecular formula is C19H18. The van der Waals surface area contributed by atoms with Crippen LogP contribution in [0.2, 0.25) is 0 Å². The first-order valence-electron chi connectivity index (χ1n) is 6.35. The van der Waals surface area contributed by atoms with Crippen LogP contribution in [-0.4, -0.2) is 0 Å². The van der Waals surface area contributed by atoms with Gasteiger partial charge in [0.2, 0.25) is 0 Å². The summed E-state index contributed by atoms with van der Waals surface area (Å²) >= 11 is 0. The summed E-state index contributed by atoms with van der Waals surface area (Å²) in [6, 6.07) is 18.8. The van der Waals surface area contributed by atoms with Gasteiger partial charge in [0.1, 0.15) is 0 Å². The van der Waals surface area contributed by atoms with E-state index in [9.17, 15) is 0 Å². The lowest BCUT2D eigenvalue weighted by Gasteiger charge is -2.04. The Bertz CT molecular complexity index is 598. The predicted molar refractivity (Wildman–Crippen MR) is 84.9 cm³/mol. The maximum Gasteiger partial charge on any atom is -0.0184 e. The Kier molecular flexibility index (Phi) is 4.15. The normalized spacial score (nSPS) is 10.6. The molecule has 2 aromatic carbocycles. The van der Waals surface area contributed by atoms with Gasteiger partial charge in [-0.25, -0.2) is 0 Å². The first kappa shape index (κ1) is 13.1. The van der Waals surface area contributed by atoms with Crippen molar-refractivity contribution < 1.29 is 0 Å².